The zero-order valence-corrected chi connectivity index (χ0v) is 21.3. The molecule has 1 aliphatic carbocycles. The van der Waals surface area contributed by atoms with Crippen LogP contribution in [0, 0.1) is 6.92 Å². The van der Waals surface area contributed by atoms with Crippen LogP contribution in [0.3, 0.4) is 0 Å². The van der Waals surface area contributed by atoms with Gasteiger partial charge in [-0.1, -0.05) is 43.0 Å². The quantitative estimate of drug-likeness (QED) is 0.259. The Labute approximate surface area is 220 Å². The SMILES string of the molecule is C=C/C=C(/C1=CCC=C1)c1cc(-c2n[nH]c3ccc(-c4cncc(CN5CCC(F)(F)C5)c4)cc23)[nH]c1C. The lowest BCUT2D eigenvalue weighted by Crippen LogP contribution is -2.24. The van der Waals surface area contributed by atoms with Gasteiger partial charge in [0.2, 0.25) is 0 Å². The van der Waals surface area contributed by atoms with E-state index in [1.54, 1.807) is 11.1 Å². The maximum atomic E-state index is 13.6. The van der Waals surface area contributed by atoms with Crippen molar-refractivity contribution in [2.75, 3.05) is 13.1 Å². The number of aryl methyl sites for hydroxylation is 1. The molecule has 0 saturated carbocycles. The minimum Gasteiger partial charge on any atom is -0.357 e. The Morgan fingerprint density at radius 1 is 1.18 bits per heavy atom. The number of hydrogen-bond donors (Lipinski definition) is 2. The molecule has 38 heavy (non-hydrogen) atoms. The lowest BCUT2D eigenvalue weighted by atomic mass is 9.98. The summed E-state index contributed by atoms with van der Waals surface area (Å²) < 4.78 is 27.3. The van der Waals surface area contributed by atoms with Gasteiger partial charge in [0.1, 0.15) is 5.69 Å². The van der Waals surface area contributed by atoms with Gasteiger partial charge in [0.05, 0.1) is 17.8 Å². The summed E-state index contributed by atoms with van der Waals surface area (Å²) >= 11 is 0. The number of halogens is 2. The molecule has 0 amide bonds. The van der Waals surface area contributed by atoms with Crippen LogP contribution in [-0.2, 0) is 6.54 Å². The predicted octanol–water partition coefficient (Wildman–Crippen LogP) is 7.23. The molecular weight excluding hydrogens is 480 g/mol. The second kappa shape index (κ2) is 9.65. The Kier molecular flexibility index (Phi) is 6.16. The molecule has 5 nitrogen and oxygen atoms in total. The Balaban J connectivity index is 1.33. The molecule has 0 bridgehead atoms. The normalized spacial score (nSPS) is 17.4. The first-order valence-electron chi connectivity index (χ1n) is 12.8. The van der Waals surface area contributed by atoms with E-state index in [4.69, 9.17) is 0 Å². The molecular formula is C31H29F2N5. The predicted molar refractivity (Wildman–Crippen MR) is 149 cm³/mol. The molecule has 0 spiro atoms. The third-order valence-electron chi connectivity index (χ3n) is 7.27. The Morgan fingerprint density at radius 2 is 2.08 bits per heavy atom. The molecule has 1 aromatic carbocycles. The minimum absolute atomic E-state index is 0.0842. The maximum absolute atomic E-state index is 13.6. The first kappa shape index (κ1) is 24.2. The summed E-state index contributed by atoms with van der Waals surface area (Å²) in [6.45, 7) is 6.65. The molecule has 6 rings (SSSR count). The Bertz CT molecular complexity index is 1620. The highest BCUT2D eigenvalue weighted by Crippen LogP contribution is 2.36. The van der Waals surface area contributed by atoms with Crippen molar-refractivity contribution in [2.45, 2.75) is 32.2 Å². The number of allylic oxidation sites excluding steroid dienone is 7. The van der Waals surface area contributed by atoms with Crippen LogP contribution in [-0.4, -0.2) is 44.1 Å². The highest BCUT2D eigenvalue weighted by molar-refractivity contribution is 5.96. The van der Waals surface area contributed by atoms with Crippen molar-refractivity contribution >= 4 is 16.5 Å². The van der Waals surface area contributed by atoms with Gasteiger partial charge in [-0.05, 0) is 59.9 Å². The van der Waals surface area contributed by atoms with Crippen molar-refractivity contribution < 1.29 is 8.78 Å². The monoisotopic (exact) mass is 509 g/mol. The van der Waals surface area contributed by atoms with Crippen LogP contribution in [0.15, 0.2) is 85.3 Å². The number of likely N-dealkylation sites (tertiary alicyclic amines) is 1. The number of nitrogens with zero attached hydrogens (tertiary/aromatic N) is 3. The van der Waals surface area contributed by atoms with Gasteiger partial charge in [-0.2, -0.15) is 5.10 Å². The zero-order valence-electron chi connectivity index (χ0n) is 21.3. The van der Waals surface area contributed by atoms with Gasteiger partial charge in [-0.15, -0.1) is 0 Å². The number of H-pyrrole nitrogens is 2. The Hall–Kier alpha value is -4.10. The number of aromatic amines is 2. The molecule has 4 aromatic rings. The standard InChI is InChI=1S/C31H29F2N5/c1-3-6-25(22-7-4-5-8-22)26-15-29(35-20(26)2)30-27-14-23(9-10-28(27)36-37-30)24-13-21(16-34-17-24)18-38-12-11-31(32,33)19-38/h3-4,6-10,13-17,35H,1,5,11-12,18-19H2,2H3,(H,36,37)/b25-6-. The van der Waals surface area contributed by atoms with Crippen molar-refractivity contribution in [3.05, 3.63) is 102 Å². The number of pyridine rings is 1. The Morgan fingerprint density at radius 3 is 2.84 bits per heavy atom. The highest BCUT2D eigenvalue weighted by atomic mass is 19.3. The van der Waals surface area contributed by atoms with Gasteiger partial charge in [0, 0.05) is 54.1 Å². The van der Waals surface area contributed by atoms with Gasteiger partial charge in [-0.3, -0.25) is 15.0 Å². The van der Waals surface area contributed by atoms with E-state index in [9.17, 15) is 8.78 Å². The van der Waals surface area contributed by atoms with Crippen LogP contribution in [0.5, 0.6) is 0 Å². The number of hydrogen-bond acceptors (Lipinski definition) is 3. The van der Waals surface area contributed by atoms with E-state index >= 15 is 0 Å². The highest BCUT2D eigenvalue weighted by Gasteiger charge is 2.37. The van der Waals surface area contributed by atoms with E-state index in [1.807, 2.05) is 36.5 Å². The van der Waals surface area contributed by atoms with E-state index in [-0.39, 0.29) is 13.0 Å². The largest absolute Gasteiger partial charge is 0.357 e. The van der Waals surface area contributed by atoms with Gasteiger partial charge >= 0.3 is 0 Å². The lowest BCUT2D eigenvalue weighted by Gasteiger charge is -2.15. The third kappa shape index (κ3) is 4.65. The summed E-state index contributed by atoms with van der Waals surface area (Å²) in [6, 6.07) is 10.3. The number of alkyl halides is 2. The molecule has 3 aromatic heterocycles. The second-order valence-corrected chi connectivity index (χ2v) is 10.1. The van der Waals surface area contributed by atoms with Crippen LogP contribution in [0.25, 0.3) is 39.0 Å². The summed E-state index contributed by atoms with van der Waals surface area (Å²) in [6.07, 6.45) is 14.8. The summed E-state index contributed by atoms with van der Waals surface area (Å²) in [7, 11) is 0. The van der Waals surface area contributed by atoms with Gasteiger partial charge in [0.15, 0.2) is 0 Å². The molecule has 2 aliphatic rings. The number of fused-ring (bicyclic) bond motifs is 1. The van der Waals surface area contributed by atoms with E-state index in [0.29, 0.717) is 13.1 Å². The van der Waals surface area contributed by atoms with E-state index in [0.717, 1.165) is 62.2 Å². The first-order valence-corrected chi connectivity index (χ1v) is 12.8. The summed E-state index contributed by atoms with van der Waals surface area (Å²) in [4.78, 5) is 9.72. The van der Waals surface area contributed by atoms with Crippen LogP contribution < -0.4 is 0 Å². The van der Waals surface area contributed by atoms with Gasteiger partial charge < -0.3 is 4.98 Å². The van der Waals surface area contributed by atoms with E-state index < -0.39 is 5.92 Å². The molecule has 0 atom stereocenters. The van der Waals surface area contributed by atoms with Crippen LogP contribution in [0.2, 0.25) is 0 Å². The van der Waals surface area contributed by atoms with Crippen molar-refractivity contribution in [3.8, 4) is 22.5 Å². The fraction of sp³-hybridized carbons (Fsp3) is 0.226. The fourth-order valence-corrected chi connectivity index (χ4v) is 5.41. The van der Waals surface area contributed by atoms with Crippen LogP contribution in [0.4, 0.5) is 8.78 Å². The third-order valence-corrected chi connectivity index (χ3v) is 7.27. The molecule has 192 valence electrons. The number of benzene rings is 1. The van der Waals surface area contributed by atoms with E-state index in [2.05, 4.69) is 64.0 Å². The number of aromatic nitrogens is 4. The maximum Gasteiger partial charge on any atom is 0.261 e. The van der Waals surface area contributed by atoms with Crippen molar-refractivity contribution in [1.29, 1.82) is 0 Å². The van der Waals surface area contributed by atoms with Crippen molar-refractivity contribution in [1.82, 2.24) is 25.1 Å². The number of rotatable bonds is 7. The summed E-state index contributed by atoms with van der Waals surface area (Å²) in [5, 5.41) is 8.79. The smallest absolute Gasteiger partial charge is 0.261 e. The topological polar surface area (TPSA) is 60.6 Å². The molecule has 1 saturated heterocycles. The van der Waals surface area contributed by atoms with Crippen LogP contribution in [0.1, 0.15) is 29.7 Å². The molecule has 0 unspecified atom stereocenters. The first-order chi connectivity index (χ1) is 18.4. The van der Waals surface area contributed by atoms with Gasteiger partial charge in [-0.25, -0.2) is 8.78 Å². The molecule has 1 aliphatic heterocycles. The second-order valence-electron chi connectivity index (χ2n) is 10.1. The van der Waals surface area contributed by atoms with Gasteiger partial charge in [0.25, 0.3) is 5.92 Å². The number of nitrogens with one attached hydrogen (secondary N) is 2. The minimum atomic E-state index is -2.60. The molecule has 2 N–H and O–H groups in total. The molecule has 1 fully saturated rings. The fourth-order valence-electron chi connectivity index (χ4n) is 5.41. The molecule has 4 heterocycles. The lowest BCUT2D eigenvalue weighted by molar-refractivity contribution is 0.0115. The molecule has 7 heteroatoms. The van der Waals surface area contributed by atoms with Crippen molar-refractivity contribution in [3.63, 3.8) is 0 Å². The van der Waals surface area contributed by atoms with E-state index in [1.165, 1.54) is 5.57 Å². The average molecular weight is 510 g/mol. The summed E-state index contributed by atoms with van der Waals surface area (Å²) in [5.74, 6) is -2.60. The van der Waals surface area contributed by atoms with Crippen molar-refractivity contribution in [2.24, 2.45) is 0 Å². The summed E-state index contributed by atoms with van der Waals surface area (Å²) in [5.41, 5.74) is 10.1. The average Bonchev–Trinajstić information content (AvgIpc) is 3.70. The zero-order chi connectivity index (χ0) is 26.3. The van der Waals surface area contributed by atoms with Crippen LogP contribution >= 0.6 is 0 Å². The molecule has 0 radical (unpaired) electrons.